The van der Waals surface area contributed by atoms with Crippen LogP contribution in [0, 0.1) is 0 Å². The van der Waals surface area contributed by atoms with Crippen molar-refractivity contribution in [3.8, 4) is 0 Å². The SMILES string of the molecule is O=C(NCc1ccccc1)C(O)c1ccccc1. The maximum Gasteiger partial charge on any atom is 0.253 e. The van der Waals surface area contributed by atoms with Gasteiger partial charge in [0.25, 0.3) is 5.91 Å². The van der Waals surface area contributed by atoms with E-state index in [0.29, 0.717) is 12.1 Å². The standard InChI is InChI=1S/C15H15NO2/c17-14(13-9-5-2-6-10-13)15(18)16-11-12-7-3-1-4-8-12/h1-10,14,17H,11H2,(H,16,18). The van der Waals surface area contributed by atoms with Crippen LogP contribution in [0.1, 0.15) is 17.2 Å². The van der Waals surface area contributed by atoms with Gasteiger partial charge in [-0.25, -0.2) is 0 Å². The molecular weight excluding hydrogens is 226 g/mol. The number of hydrogen-bond donors (Lipinski definition) is 2. The van der Waals surface area contributed by atoms with Crippen molar-refractivity contribution in [1.82, 2.24) is 5.32 Å². The molecule has 3 nitrogen and oxygen atoms in total. The summed E-state index contributed by atoms with van der Waals surface area (Å²) in [5.74, 6) is -0.384. The molecule has 18 heavy (non-hydrogen) atoms. The number of carbonyl (C=O) groups is 1. The fraction of sp³-hybridized carbons (Fsp3) is 0.133. The maximum absolute atomic E-state index is 11.8. The number of rotatable bonds is 4. The van der Waals surface area contributed by atoms with Crippen LogP contribution in [-0.2, 0) is 11.3 Å². The van der Waals surface area contributed by atoms with Gasteiger partial charge in [-0.15, -0.1) is 0 Å². The summed E-state index contributed by atoms with van der Waals surface area (Å²) >= 11 is 0. The first-order valence-electron chi connectivity index (χ1n) is 5.82. The molecule has 3 heteroatoms. The number of aliphatic hydroxyl groups excluding tert-OH is 1. The van der Waals surface area contributed by atoms with Gasteiger partial charge in [-0.3, -0.25) is 4.79 Å². The number of amides is 1. The van der Waals surface area contributed by atoms with Crippen LogP contribution in [0.25, 0.3) is 0 Å². The van der Waals surface area contributed by atoms with Gasteiger partial charge in [-0.1, -0.05) is 60.7 Å². The van der Waals surface area contributed by atoms with Gasteiger partial charge in [0.2, 0.25) is 0 Å². The highest BCUT2D eigenvalue weighted by Gasteiger charge is 2.16. The molecule has 0 aliphatic heterocycles. The molecule has 0 saturated carbocycles. The van der Waals surface area contributed by atoms with Gasteiger partial charge in [-0.2, -0.15) is 0 Å². The summed E-state index contributed by atoms with van der Waals surface area (Å²) in [4.78, 5) is 11.8. The second-order valence-corrected chi connectivity index (χ2v) is 4.02. The van der Waals surface area contributed by atoms with Crippen LogP contribution < -0.4 is 5.32 Å². The molecule has 0 spiro atoms. The minimum absolute atomic E-state index is 0.384. The number of aliphatic hydroxyl groups is 1. The van der Waals surface area contributed by atoms with E-state index < -0.39 is 6.10 Å². The third-order valence-electron chi connectivity index (χ3n) is 2.67. The van der Waals surface area contributed by atoms with E-state index in [1.165, 1.54) is 0 Å². The van der Waals surface area contributed by atoms with Crippen LogP contribution in [-0.4, -0.2) is 11.0 Å². The quantitative estimate of drug-likeness (QED) is 0.860. The molecule has 1 unspecified atom stereocenters. The predicted molar refractivity (Wildman–Crippen MR) is 69.7 cm³/mol. The Balaban J connectivity index is 1.93. The second-order valence-electron chi connectivity index (χ2n) is 4.02. The molecule has 0 aliphatic carbocycles. The molecule has 1 amide bonds. The van der Waals surface area contributed by atoms with Gasteiger partial charge >= 0.3 is 0 Å². The molecular formula is C15H15NO2. The Labute approximate surface area is 106 Å². The number of nitrogens with one attached hydrogen (secondary N) is 1. The van der Waals surface area contributed by atoms with Crippen molar-refractivity contribution in [3.05, 3.63) is 71.8 Å². The topological polar surface area (TPSA) is 49.3 Å². The van der Waals surface area contributed by atoms with Crippen molar-refractivity contribution in [2.24, 2.45) is 0 Å². The number of benzene rings is 2. The van der Waals surface area contributed by atoms with Gasteiger partial charge in [0.1, 0.15) is 0 Å². The van der Waals surface area contributed by atoms with Crippen molar-refractivity contribution in [2.45, 2.75) is 12.6 Å². The molecule has 2 aromatic rings. The second kappa shape index (κ2) is 5.98. The normalized spacial score (nSPS) is 11.8. The maximum atomic E-state index is 11.8. The van der Waals surface area contributed by atoms with Gasteiger partial charge in [0.15, 0.2) is 6.10 Å². The van der Waals surface area contributed by atoms with Crippen LogP contribution >= 0.6 is 0 Å². The molecule has 1 atom stereocenters. The van der Waals surface area contributed by atoms with Crippen molar-refractivity contribution in [2.75, 3.05) is 0 Å². The van der Waals surface area contributed by atoms with Crippen molar-refractivity contribution < 1.29 is 9.90 Å². The van der Waals surface area contributed by atoms with E-state index in [2.05, 4.69) is 5.32 Å². The molecule has 0 heterocycles. The largest absolute Gasteiger partial charge is 0.378 e. The minimum atomic E-state index is -1.12. The Morgan fingerprint density at radius 3 is 2.17 bits per heavy atom. The van der Waals surface area contributed by atoms with Gasteiger partial charge in [0, 0.05) is 6.54 Å². The van der Waals surface area contributed by atoms with Gasteiger partial charge in [-0.05, 0) is 11.1 Å². The summed E-state index contributed by atoms with van der Waals surface area (Å²) in [7, 11) is 0. The molecule has 0 saturated heterocycles. The van der Waals surface area contributed by atoms with Crippen LogP contribution in [0.4, 0.5) is 0 Å². The summed E-state index contributed by atoms with van der Waals surface area (Å²) in [6.07, 6.45) is -1.12. The number of carbonyl (C=O) groups excluding carboxylic acids is 1. The lowest BCUT2D eigenvalue weighted by Crippen LogP contribution is -2.28. The predicted octanol–water partition coefficient (Wildman–Crippen LogP) is 2.04. The van der Waals surface area contributed by atoms with E-state index in [1.807, 2.05) is 36.4 Å². The molecule has 0 aliphatic rings. The van der Waals surface area contributed by atoms with E-state index in [0.717, 1.165) is 5.56 Å². The highest BCUT2D eigenvalue weighted by atomic mass is 16.3. The lowest BCUT2D eigenvalue weighted by atomic mass is 10.1. The monoisotopic (exact) mass is 241 g/mol. The highest BCUT2D eigenvalue weighted by molar-refractivity contribution is 5.81. The first-order valence-corrected chi connectivity index (χ1v) is 5.82. The Hall–Kier alpha value is -2.13. The first-order chi connectivity index (χ1) is 8.77. The zero-order chi connectivity index (χ0) is 12.8. The fourth-order valence-corrected chi connectivity index (χ4v) is 1.67. The fourth-order valence-electron chi connectivity index (χ4n) is 1.67. The van der Waals surface area contributed by atoms with E-state index in [9.17, 15) is 9.90 Å². The highest BCUT2D eigenvalue weighted by Crippen LogP contribution is 2.12. The van der Waals surface area contributed by atoms with Gasteiger partial charge < -0.3 is 10.4 Å². The zero-order valence-electron chi connectivity index (χ0n) is 9.91. The van der Waals surface area contributed by atoms with Crippen molar-refractivity contribution in [3.63, 3.8) is 0 Å². The summed E-state index contributed by atoms with van der Waals surface area (Å²) in [5.41, 5.74) is 1.61. The van der Waals surface area contributed by atoms with E-state index in [-0.39, 0.29) is 5.91 Å². The molecule has 0 fully saturated rings. The Morgan fingerprint density at radius 2 is 1.56 bits per heavy atom. The molecule has 2 rings (SSSR count). The lowest BCUT2D eigenvalue weighted by molar-refractivity contribution is -0.129. The van der Waals surface area contributed by atoms with E-state index in [1.54, 1.807) is 24.3 Å². The van der Waals surface area contributed by atoms with Crippen LogP contribution in [0.2, 0.25) is 0 Å². The summed E-state index contributed by atoms with van der Waals surface area (Å²) in [5, 5.41) is 12.6. The summed E-state index contributed by atoms with van der Waals surface area (Å²) in [6, 6.07) is 18.5. The lowest BCUT2D eigenvalue weighted by Gasteiger charge is -2.11. The minimum Gasteiger partial charge on any atom is -0.378 e. The van der Waals surface area contributed by atoms with E-state index in [4.69, 9.17) is 0 Å². The Bertz CT molecular complexity index is 496. The zero-order valence-corrected chi connectivity index (χ0v) is 9.91. The Kier molecular flexibility index (Phi) is 4.10. The molecule has 92 valence electrons. The third-order valence-corrected chi connectivity index (χ3v) is 2.67. The summed E-state index contributed by atoms with van der Waals surface area (Å²) in [6.45, 7) is 0.420. The molecule has 2 N–H and O–H groups in total. The molecule has 2 aromatic carbocycles. The van der Waals surface area contributed by atoms with Crippen molar-refractivity contribution >= 4 is 5.91 Å². The van der Waals surface area contributed by atoms with Crippen LogP contribution in [0.15, 0.2) is 60.7 Å². The number of hydrogen-bond acceptors (Lipinski definition) is 2. The smallest absolute Gasteiger partial charge is 0.253 e. The Morgan fingerprint density at radius 1 is 1.00 bits per heavy atom. The average molecular weight is 241 g/mol. The van der Waals surface area contributed by atoms with E-state index >= 15 is 0 Å². The summed E-state index contributed by atoms with van der Waals surface area (Å²) < 4.78 is 0. The van der Waals surface area contributed by atoms with Crippen LogP contribution in [0.3, 0.4) is 0 Å². The first kappa shape index (κ1) is 12.3. The van der Waals surface area contributed by atoms with Crippen LogP contribution in [0.5, 0.6) is 0 Å². The molecule has 0 aromatic heterocycles. The molecule has 0 radical (unpaired) electrons. The van der Waals surface area contributed by atoms with Crippen molar-refractivity contribution in [1.29, 1.82) is 0 Å². The third kappa shape index (κ3) is 3.18. The average Bonchev–Trinajstić information content (AvgIpc) is 2.46. The van der Waals surface area contributed by atoms with Gasteiger partial charge in [0.05, 0.1) is 0 Å². The molecule has 0 bridgehead atoms.